The highest BCUT2D eigenvalue weighted by molar-refractivity contribution is 5.76. The molecule has 2 saturated heterocycles. The smallest absolute Gasteiger partial charge is 0.429 e. The zero-order valence-corrected chi connectivity index (χ0v) is 24.7. The van der Waals surface area contributed by atoms with Gasteiger partial charge in [0.2, 0.25) is 17.9 Å². The summed E-state index contributed by atoms with van der Waals surface area (Å²) in [6.07, 6.45) is -1.82. The Morgan fingerprint density at radius 1 is 1.19 bits per heavy atom. The largest absolute Gasteiger partial charge is 0.465 e. The minimum atomic E-state index is -4.76. The molecule has 5 rings (SSSR count). The highest BCUT2D eigenvalue weighted by Gasteiger charge is 2.46. The molecule has 2 aliphatic rings. The number of carbonyl (C=O) groups excluding carboxylic acids is 1. The van der Waals surface area contributed by atoms with Crippen molar-refractivity contribution in [1.82, 2.24) is 25.1 Å². The van der Waals surface area contributed by atoms with Gasteiger partial charge < -0.3 is 25.4 Å². The van der Waals surface area contributed by atoms with Crippen LogP contribution in [-0.4, -0.2) is 64.2 Å². The van der Waals surface area contributed by atoms with Crippen molar-refractivity contribution in [2.45, 2.75) is 71.2 Å². The fraction of sp³-hybridized carbons (Fsp3) is 0.533. The van der Waals surface area contributed by atoms with Crippen LogP contribution in [0.2, 0.25) is 0 Å². The molecule has 1 aromatic carbocycles. The van der Waals surface area contributed by atoms with Gasteiger partial charge in [0.25, 0.3) is 0 Å². The number of hydrogen-bond donors (Lipinski definition) is 2. The van der Waals surface area contributed by atoms with Gasteiger partial charge in [0.05, 0.1) is 18.0 Å². The van der Waals surface area contributed by atoms with Gasteiger partial charge in [0.15, 0.2) is 0 Å². The van der Waals surface area contributed by atoms with Crippen molar-refractivity contribution >= 4 is 17.7 Å². The lowest BCUT2D eigenvalue weighted by Gasteiger charge is -2.39. The monoisotopic (exact) mass is 601 g/mol. The van der Waals surface area contributed by atoms with E-state index in [0.29, 0.717) is 50.6 Å². The predicted molar refractivity (Wildman–Crippen MR) is 155 cm³/mol. The first-order valence-electron chi connectivity index (χ1n) is 14.7. The number of benzene rings is 1. The lowest BCUT2D eigenvalue weighted by molar-refractivity contribution is -0.198. The van der Waals surface area contributed by atoms with Crippen molar-refractivity contribution in [3.05, 3.63) is 53.3 Å². The first kappa shape index (κ1) is 30.6. The van der Waals surface area contributed by atoms with E-state index < -0.39 is 12.3 Å². The van der Waals surface area contributed by atoms with E-state index in [1.807, 2.05) is 17.9 Å². The number of aromatic nitrogens is 4. The summed E-state index contributed by atoms with van der Waals surface area (Å²) in [5.74, 6) is -0.286. The van der Waals surface area contributed by atoms with Crippen LogP contribution in [-0.2, 0) is 16.0 Å². The molecule has 1 spiro atoms. The second kappa shape index (κ2) is 12.4. The van der Waals surface area contributed by atoms with Gasteiger partial charge >= 0.3 is 12.1 Å². The van der Waals surface area contributed by atoms with Gasteiger partial charge in [0, 0.05) is 37.5 Å². The summed E-state index contributed by atoms with van der Waals surface area (Å²) in [7, 11) is 0. The van der Waals surface area contributed by atoms with Crippen molar-refractivity contribution in [2.24, 2.45) is 5.41 Å². The molecule has 0 saturated carbocycles. The average Bonchev–Trinajstić information content (AvgIpc) is 3.58. The highest BCUT2D eigenvalue weighted by Crippen LogP contribution is 2.42. The number of halogens is 3. The van der Waals surface area contributed by atoms with E-state index in [9.17, 15) is 18.0 Å². The number of carbonyl (C=O) groups is 1. The predicted octanol–water partition coefficient (Wildman–Crippen LogP) is 4.70. The van der Waals surface area contributed by atoms with Crippen molar-refractivity contribution in [1.29, 1.82) is 0 Å². The molecule has 2 fully saturated rings. The van der Waals surface area contributed by atoms with Crippen molar-refractivity contribution in [3.63, 3.8) is 0 Å². The molecular formula is C30H38F3N7O3. The summed E-state index contributed by atoms with van der Waals surface area (Å²) in [6, 6.07) is 7.80. The molecule has 3 N–H and O–H groups in total. The number of esters is 1. The first-order chi connectivity index (χ1) is 20.5. The van der Waals surface area contributed by atoms with Crippen LogP contribution in [0.15, 0.2) is 36.5 Å². The number of nitrogens with one attached hydrogen (secondary N) is 1. The molecule has 0 aliphatic carbocycles. The number of nitrogen functional groups attached to an aromatic ring is 1. The van der Waals surface area contributed by atoms with Crippen molar-refractivity contribution in [2.75, 3.05) is 36.9 Å². The number of nitrogens with two attached hydrogens (primary N) is 1. The number of aryl methyl sites for hydroxylation is 2. The lowest BCUT2D eigenvalue weighted by atomic mass is 9.76. The summed E-state index contributed by atoms with van der Waals surface area (Å²) in [5.41, 5.74) is 7.57. The molecule has 0 amide bonds. The van der Waals surface area contributed by atoms with Crippen LogP contribution in [0, 0.1) is 12.3 Å². The normalized spacial score (nSPS) is 19.0. The van der Waals surface area contributed by atoms with Crippen LogP contribution in [0.25, 0.3) is 5.69 Å². The van der Waals surface area contributed by atoms with Crippen LogP contribution in [0.5, 0.6) is 5.88 Å². The van der Waals surface area contributed by atoms with Gasteiger partial charge in [-0.1, -0.05) is 19.4 Å². The molecule has 2 atom stereocenters. The first-order valence-corrected chi connectivity index (χ1v) is 14.7. The molecule has 13 heteroatoms. The number of hydrogen-bond acceptors (Lipinski definition) is 9. The van der Waals surface area contributed by atoms with Crippen LogP contribution in [0.3, 0.4) is 0 Å². The zero-order valence-electron chi connectivity index (χ0n) is 24.7. The summed E-state index contributed by atoms with van der Waals surface area (Å²) >= 11 is 0. The molecular weight excluding hydrogens is 563 g/mol. The molecule has 0 radical (unpaired) electrons. The molecule has 0 bridgehead atoms. The second-order valence-electron chi connectivity index (χ2n) is 11.4. The molecule has 43 heavy (non-hydrogen) atoms. The van der Waals surface area contributed by atoms with Gasteiger partial charge in [0.1, 0.15) is 11.9 Å². The van der Waals surface area contributed by atoms with Crippen LogP contribution >= 0.6 is 0 Å². The Morgan fingerprint density at radius 3 is 2.60 bits per heavy atom. The van der Waals surface area contributed by atoms with Crippen LogP contribution in [0.1, 0.15) is 62.5 Å². The fourth-order valence-corrected chi connectivity index (χ4v) is 6.01. The number of alkyl halides is 3. The Balaban J connectivity index is 1.39. The summed E-state index contributed by atoms with van der Waals surface area (Å²) in [6.45, 7) is 7.75. The van der Waals surface area contributed by atoms with E-state index in [-0.39, 0.29) is 40.5 Å². The maximum Gasteiger partial charge on any atom is 0.429 e. The van der Waals surface area contributed by atoms with E-state index >= 15 is 0 Å². The Labute approximate surface area is 248 Å². The Bertz CT molecular complexity index is 1440. The summed E-state index contributed by atoms with van der Waals surface area (Å²) in [4.78, 5) is 22.5. The standard InChI is InChI=1S/C30H38F3N7O3/c1-4-6-20-7-8-23(40-12-9-19(3)38-40)21(15-20)26(30(31,32)33)43-25-16-24(36-28(34)37-25)39-13-10-29(11-14-39)17-22(35-18-29)27(41)42-5-2/h7-9,12,15-16,22,26,35H,4-6,10-11,13-14,17-18H2,1-3H3,(H2,34,36,37)/t22?,26-/m1/s1. The maximum atomic E-state index is 14.7. The van der Waals surface area contributed by atoms with E-state index in [1.165, 1.54) is 16.8 Å². The number of anilines is 2. The third kappa shape index (κ3) is 6.87. The Hall–Kier alpha value is -3.87. The molecule has 3 aromatic rings. The molecule has 1 unspecified atom stereocenters. The molecule has 2 aliphatic heterocycles. The summed E-state index contributed by atoms with van der Waals surface area (Å²) in [5, 5.41) is 7.63. The van der Waals surface area contributed by atoms with Gasteiger partial charge in [-0.15, -0.1) is 0 Å². The van der Waals surface area contributed by atoms with Gasteiger partial charge in [-0.05, 0) is 68.7 Å². The molecule has 2 aromatic heterocycles. The van der Waals surface area contributed by atoms with Crippen LogP contribution < -0.4 is 20.7 Å². The Kier molecular flexibility index (Phi) is 8.81. The number of rotatable bonds is 9. The van der Waals surface area contributed by atoms with E-state index in [4.69, 9.17) is 15.2 Å². The minimum Gasteiger partial charge on any atom is -0.465 e. The second-order valence-corrected chi connectivity index (χ2v) is 11.4. The quantitative estimate of drug-likeness (QED) is 0.336. The Morgan fingerprint density at radius 2 is 1.95 bits per heavy atom. The SMILES string of the molecule is CCCc1ccc(-n2ccc(C)n2)c([C@@H](Oc2cc(N3CCC4(CC3)CNC(C(=O)OCC)C4)nc(N)n2)C(F)(F)F)c1. The minimum absolute atomic E-state index is 0.0576. The molecule has 10 nitrogen and oxygen atoms in total. The molecule has 232 valence electrons. The van der Waals surface area contributed by atoms with Crippen LogP contribution in [0.4, 0.5) is 24.9 Å². The average molecular weight is 602 g/mol. The van der Waals surface area contributed by atoms with Gasteiger partial charge in [-0.2, -0.15) is 28.2 Å². The summed E-state index contributed by atoms with van der Waals surface area (Å²) < 4.78 is 56.3. The third-order valence-corrected chi connectivity index (χ3v) is 8.20. The lowest BCUT2D eigenvalue weighted by Crippen LogP contribution is -2.41. The fourth-order valence-electron chi connectivity index (χ4n) is 6.01. The third-order valence-electron chi connectivity index (χ3n) is 8.20. The van der Waals surface area contributed by atoms with E-state index in [1.54, 1.807) is 32.2 Å². The molecule has 4 heterocycles. The van der Waals surface area contributed by atoms with Gasteiger partial charge in [-0.25, -0.2) is 4.68 Å². The number of ether oxygens (including phenoxy) is 2. The zero-order chi connectivity index (χ0) is 30.8. The van der Waals surface area contributed by atoms with E-state index in [0.717, 1.165) is 24.8 Å². The topological polar surface area (TPSA) is 120 Å². The van der Waals surface area contributed by atoms with Crippen molar-refractivity contribution < 1.29 is 27.4 Å². The maximum absolute atomic E-state index is 14.7. The van der Waals surface area contributed by atoms with E-state index in [2.05, 4.69) is 20.4 Å². The highest BCUT2D eigenvalue weighted by atomic mass is 19.4. The number of piperidine rings is 1. The van der Waals surface area contributed by atoms with Crippen molar-refractivity contribution in [3.8, 4) is 11.6 Å². The number of nitrogens with zero attached hydrogens (tertiary/aromatic N) is 5. The van der Waals surface area contributed by atoms with Gasteiger partial charge in [-0.3, -0.25) is 4.79 Å².